The maximum Gasteiger partial charge on any atom is -1.00 e. The second-order valence-electron chi connectivity index (χ2n) is 8.84. The van der Waals surface area contributed by atoms with E-state index in [2.05, 4.69) is 28.1 Å². The van der Waals surface area contributed by atoms with Crippen molar-refractivity contribution >= 4 is 15.4 Å². The zero-order chi connectivity index (χ0) is 13.8. The van der Waals surface area contributed by atoms with E-state index < -0.39 is 0 Å². The van der Waals surface area contributed by atoms with E-state index in [0.29, 0.717) is 11.3 Å². The summed E-state index contributed by atoms with van der Waals surface area (Å²) in [7, 11) is 0.0364. The topological polar surface area (TPSA) is 29.1 Å². The molecule has 6 heteroatoms. The molecule has 1 amide bonds. The Balaban J connectivity index is 0.000000607. The summed E-state index contributed by atoms with van der Waals surface area (Å²) < 4.78 is 2.97. The van der Waals surface area contributed by atoms with Crippen molar-refractivity contribution in [2.45, 2.75) is 30.3 Å². The van der Waals surface area contributed by atoms with E-state index in [4.69, 9.17) is 0 Å². The Labute approximate surface area is 163 Å². The zero-order valence-electron chi connectivity index (χ0n) is 12.7. The Hall–Kier alpha value is 0.461. The van der Waals surface area contributed by atoms with Gasteiger partial charge in [-0.2, -0.15) is 0 Å². The van der Waals surface area contributed by atoms with Crippen LogP contribution in [0.15, 0.2) is 24.3 Å². The molecule has 9 atom stereocenters. The molecule has 23 heavy (non-hydrogen) atoms. The molecule has 8 rings (SSSR count). The Kier molecular flexibility index (Phi) is 2.67. The van der Waals surface area contributed by atoms with Crippen LogP contribution in [0.3, 0.4) is 0 Å². The van der Waals surface area contributed by atoms with Gasteiger partial charge in [0.05, 0.1) is 0 Å². The van der Waals surface area contributed by atoms with Gasteiger partial charge in [0.2, 0.25) is 0 Å². The number of rotatable bonds is 2. The van der Waals surface area contributed by atoms with Gasteiger partial charge in [-0.1, -0.05) is 0 Å². The third-order valence-corrected chi connectivity index (χ3v) is 12.8. The van der Waals surface area contributed by atoms with E-state index in [1.807, 2.05) is 20.7 Å². The van der Waals surface area contributed by atoms with Crippen LogP contribution < -0.4 is 28.6 Å². The van der Waals surface area contributed by atoms with Gasteiger partial charge in [-0.15, -0.1) is 0 Å². The molecule has 1 N–H and O–H groups in total. The summed E-state index contributed by atoms with van der Waals surface area (Å²) >= 11 is 1.83. The minimum Gasteiger partial charge on any atom is -1.00 e. The number of halogens is 2. The summed E-state index contributed by atoms with van der Waals surface area (Å²) in [5.74, 6) is 3.13. The standard InChI is InChI=1S/C17H19NOSi.2ClH.Ti/c18-13(19)15-6-5-14(11-16(14)12(15)17(11,15)16)10-7-8-3-1-2-4-9(8)20-10;;;/h1-4,8-12H,5-7,20H2,(H2,18,19);2*1H;/q;;;+3/p-3. The van der Waals surface area contributed by atoms with Gasteiger partial charge in [0.1, 0.15) is 0 Å². The average Bonchev–Trinajstić information content (AvgIpc) is 3.43. The summed E-state index contributed by atoms with van der Waals surface area (Å²) in [5, 5.41) is 0. The molecule has 2 bridgehead atoms. The molecule has 9 unspecified atom stereocenters. The molecule has 1 aliphatic heterocycles. The van der Waals surface area contributed by atoms with E-state index in [1.165, 1.54) is 19.3 Å². The van der Waals surface area contributed by atoms with E-state index in [9.17, 15) is 4.79 Å². The quantitative estimate of drug-likeness (QED) is 0.467. The van der Waals surface area contributed by atoms with E-state index in [1.54, 1.807) is 0 Å². The summed E-state index contributed by atoms with van der Waals surface area (Å²) in [5.41, 5.74) is 4.34. The number of hydrogen-bond acceptors (Lipinski definition) is 1. The second kappa shape index (κ2) is 3.91. The minimum absolute atomic E-state index is 0. The summed E-state index contributed by atoms with van der Waals surface area (Å²) in [6.07, 6.45) is 13.7. The largest absolute Gasteiger partial charge is 1.00 e. The third-order valence-electron chi connectivity index (χ3n) is 9.36. The van der Waals surface area contributed by atoms with Crippen LogP contribution in [-0.4, -0.2) is 15.4 Å². The van der Waals surface area contributed by atoms with Crippen LogP contribution >= 0.6 is 0 Å². The van der Waals surface area contributed by atoms with Gasteiger partial charge in [-0.05, 0) is 0 Å². The number of allylic oxidation sites excluding steroid dienone is 4. The minimum atomic E-state index is 0. The number of amides is 1. The van der Waals surface area contributed by atoms with Crippen molar-refractivity contribution in [2.24, 2.45) is 39.4 Å². The van der Waals surface area contributed by atoms with Crippen molar-refractivity contribution in [2.75, 3.05) is 0 Å². The predicted octanol–water partition coefficient (Wildman–Crippen LogP) is -4.51. The van der Waals surface area contributed by atoms with Gasteiger partial charge in [-0.3, -0.25) is 0 Å². The van der Waals surface area contributed by atoms with Gasteiger partial charge >= 0.3 is 139 Å². The Bertz CT molecular complexity index is 709. The molecule has 0 radical (unpaired) electrons. The maximum atomic E-state index is 12.3. The molecule has 8 aliphatic rings. The first-order valence-corrected chi connectivity index (χ1v) is 11.0. The molecule has 7 fully saturated rings. The molecule has 0 aromatic heterocycles. The molecular weight excluding hydrogens is 381 g/mol. The molecule has 0 aromatic rings. The van der Waals surface area contributed by atoms with Crippen LogP contribution in [0.2, 0.25) is 11.1 Å². The van der Waals surface area contributed by atoms with Crippen LogP contribution in [0.1, 0.15) is 19.3 Å². The molecule has 7 aliphatic carbocycles. The van der Waals surface area contributed by atoms with Crippen molar-refractivity contribution in [1.82, 2.24) is 3.80 Å². The molecule has 2 nitrogen and oxygen atoms in total. The fourth-order valence-corrected chi connectivity index (χ4v) is 12.9. The Morgan fingerprint density at radius 1 is 1.13 bits per heavy atom. The summed E-state index contributed by atoms with van der Waals surface area (Å²) in [6, 6.07) is 0. The van der Waals surface area contributed by atoms with E-state index in [0.717, 1.165) is 39.7 Å². The number of fused-ring (bicyclic) bond motifs is 2. The van der Waals surface area contributed by atoms with Crippen molar-refractivity contribution in [3.8, 4) is 0 Å². The molecular formula is C17H18Cl2NOSiTi. The second-order valence-corrected chi connectivity index (χ2v) is 11.6. The van der Waals surface area contributed by atoms with Crippen LogP contribution in [-0.2, 0) is 25.5 Å². The number of carbonyl (C=O) groups is 1. The average molecular weight is 399 g/mol. The van der Waals surface area contributed by atoms with E-state index >= 15 is 0 Å². The summed E-state index contributed by atoms with van der Waals surface area (Å²) in [6.45, 7) is 0. The normalized spacial score (nSPS) is 66.3. The molecule has 1 heterocycles. The van der Waals surface area contributed by atoms with Crippen LogP contribution in [0.25, 0.3) is 0 Å². The van der Waals surface area contributed by atoms with Crippen molar-refractivity contribution in [1.29, 1.82) is 0 Å². The number of hydrogen-bond donors (Lipinski definition) is 1. The summed E-state index contributed by atoms with van der Waals surface area (Å²) in [4.78, 5) is 12.3. The molecule has 119 valence electrons. The van der Waals surface area contributed by atoms with Gasteiger partial charge in [0.25, 0.3) is 0 Å². The fourth-order valence-electron chi connectivity index (χ4n) is 9.15. The predicted molar refractivity (Wildman–Crippen MR) is 76.5 cm³/mol. The van der Waals surface area contributed by atoms with Crippen LogP contribution in [0, 0.1) is 39.4 Å². The van der Waals surface area contributed by atoms with E-state index in [-0.39, 0.29) is 39.7 Å². The first-order chi connectivity index (χ1) is 10.2. The maximum absolute atomic E-state index is 12.3. The van der Waals surface area contributed by atoms with Gasteiger partial charge in [0.15, 0.2) is 0 Å². The molecule has 1 saturated heterocycles. The first kappa shape index (κ1) is 15.7. The monoisotopic (exact) mass is 398 g/mol. The smallest absolute Gasteiger partial charge is 1.00 e. The first-order valence-electron chi connectivity index (χ1n) is 8.56. The van der Waals surface area contributed by atoms with Gasteiger partial charge in [-0.25, -0.2) is 0 Å². The SMILES string of the molecule is O=C([NH][Ti+2])C12CCC3(C4CC5C=CC=CC5[SiH2]4)C4C15C2C435.[Cl-].[Cl-]. The number of nitrogens with one attached hydrogen (secondary N) is 1. The molecule has 6 saturated carbocycles. The fraction of sp³-hybridized carbons (Fsp3) is 0.706. The third kappa shape index (κ3) is 1.03. The van der Waals surface area contributed by atoms with Crippen molar-refractivity contribution in [3.05, 3.63) is 24.3 Å². The number of carbonyl (C=O) groups excluding carboxylic acids is 1. The van der Waals surface area contributed by atoms with Crippen LogP contribution in [0.5, 0.6) is 0 Å². The van der Waals surface area contributed by atoms with Gasteiger partial charge in [0, 0.05) is 0 Å². The Morgan fingerprint density at radius 3 is 2.57 bits per heavy atom. The van der Waals surface area contributed by atoms with Crippen molar-refractivity contribution in [3.63, 3.8) is 0 Å². The zero-order valence-corrected chi connectivity index (χ0v) is 17.2. The van der Waals surface area contributed by atoms with Crippen molar-refractivity contribution < 1.29 is 50.3 Å². The molecule has 0 aromatic carbocycles. The Morgan fingerprint density at radius 2 is 1.91 bits per heavy atom. The molecule has 2 spiro atoms. The van der Waals surface area contributed by atoms with Gasteiger partial charge < -0.3 is 24.8 Å². The van der Waals surface area contributed by atoms with Crippen LogP contribution in [0.4, 0.5) is 0 Å².